The van der Waals surface area contributed by atoms with E-state index in [4.69, 9.17) is 4.74 Å². The van der Waals surface area contributed by atoms with Crippen molar-refractivity contribution in [1.29, 1.82) is 0 Å². The Hall–Kier alpha value is -1.80. The van der Waals surface area contributed by atoms with E-state index in [1.807, 2.05) is 18.2 Å². The third-order valence-corrected chi connectivity index (χ3v) is 3.44. The molecule has 20 heavy (non-hydrogen) atoms. The summed E-state index contributed by atoms with van der Waals surface area (Å²) in [5.74, 6) is 0.924. The van der Waals surface area contributed by atoms with Gasteiger partial charge in [0, 0.05) is 5.56 Å². The second-order valence-electron chi connectivity index (χ2n) is 5.30. The van der Waals surface area contributed by atoms with Crippen molar-refractivity contribution in [3.63, 3.8) is 0 Å². The molecule has 0 saturated carbocycles. The monoisotopic (exact) mass is 269 g/mol. The molecule has 2 nitrogen and oxygen atoms in total. The molecule has 0 aliphatic heterocycles. The summed E-state index contributed by atoms with van der Waals surface area (Å²) in [5.41, 5.74) is 3.75. The Morgan fingerprint density at radius 1 is 0.950 bits per heavy atom. The maximum absolute atomic E-state index is 5.42. The molecule has 0 radical (unpaired) electrons. The summed E-state index contributed by atoms with van der Waals surface area (Å²) in [6.45, 7) is 1.13. The largest absolute Gasteiger partial charge is 0.496 e. The summed E-state index contributed by atoms with van der Waals surface area (Å²) in [4.78, 5) is 2.23. The van der Waals surface area contributed by atoms with Crippen molar-refractivity contribution in [3.8, 4) is 16.9 Å². The van der Waals surface area contributed by atoms with Crippen molar-refractivity contribution in [2.75, 3.05) is 27.7 Å². The van der Waals surface area contributed by atoms with Crippen molar-refractivity contribution in [2.45, 2.75) is 12.8 Å². The van der Waals surface area contributed by atoms with Gasteiger partial charge in [-0.15, -0.1) is 0 Å². The van der Waals surface area contributed by atoms with Gasteiger partial charge in [0.25, 0.3) is 0 Å². The first kappa shape index (κ1) is 14.6. The SMILES string of the molecule is COc1ccccc1-c1ccc(CCCN(C)C)cc1. The number of rotatable bonds is 6. The predicted molar refractivity (Wildman–Crippen MR) is 85.3 cm³/mol. The van der Waals surface area contributed by atoms with Crippen molar-refractivity contribution >= 4 is 0 Å². The van der Waals surface area contributed by atoms with Crippen LogP contribution in [-0.4, -0.2) is 32.6 Å². The molecule has 2 aromatic carbocycles. The van der Waals surface area contributed by atoms with Crippen LogP contribution in [0.3, 0.4) is 0 Å². The molecule has 0 aliphatic rings. The second-order valence-corrected chi connectivity index (χ2v) is 5.30. The molecule has 2 heteroatoms. The normalized spacial score (nSPS) is 10.8. The van der Waals surface area contributed by atoms with Crippen LogP contribution in [0, 0.1) is 0 Å². The highest BCUT2D eigenvalue weighted by molar-refractivity contribution is 5.70. The highest BCUT2D eigenvalue weighted by atomic mass is 16.5. The Kier molecular flexibility index (Phi) is 5.19. The van der Waals surface area contributed by atoms with Crippen LogP contribution in [0.5, 0.6) is 5.75 Å². The minimum Gasteiger partial charge on any atom is -0.496 e. The fraction of sp³-hybridized carbons (Fsp3) is 0.333. The van der Waals surface area contributed by atoms with Gasteiger partial charge in [-0.2, -0.15) is 0 Å². The van der Waals surface area contributed by atoms with Crippen molar-refractivity contribution in [2.24, 2.45) is 0 Å². The number of benzene rings is 2. The van der Waals surface area contributed by atoms with Crippen LogP contribution >= 0.6 is 0 Å². The Balaban J connectivity index is 2.08. The van der Waals surface area contributed by atoms with E-state index in [1.165, 1.54) is 17.5 Å². The van der Waals surface area contributed by atoms with Crippen LogP contribution in [0.15, 0.2) is 48.5 Å². The van der Waals surface area contributed by atoms with Crippen LogP contribution in [0.2, 0.25) is 0 Å². The lowest BCUT2D eigenvalue weighted by molar-refractivity contribution is 0.400. The zero-order chi connectivity index (χ0) is 14.4. The molecule has 0 aromatic heterocycles. The molecule has 0 N–H and O–H groups in total. The quantitative estimate of drug-likeness (QED) is 0.789. The number of para-hydroxylation sites is 1. The number of methoxy groups -OCH3 is 1. The van der Waals surface area contributed by atoms with Gasteiger partial charge in [0.2, 0.25) is 0 Å². The van der Waals surface area contributed by atoms with Gasteiger partial charge in [0.15, 0.2) is 0 Å². The number of hydrogen-bond donors (Lipinski definition) is 0. The van der Waals surface area contributed by atoms with Gasteiger partial charge in [-0.05, 0) is 50.7 Å². The van der Waals surface area contributed by atoms with Crippen molar-refractivity contribution in [3.05, 3.63) is 54.1 Å². The highest BCUT2D eigenvalue weighted by Crippen LogP contribution is 2.29. The zero-order valence-electron chi connectivity index (χ0n) is 12.6. The standard InChI is InChI=1S/C18H23NO/c1-19(2)14-6-7-15-10-12-16(13-11-15)17-8-4-5-9-18(17)20-3/h4-5,8-13H,6-7,14H2,1-3H3. The maximum atomic E-state index is 5.42. The molecule has 0 fully saturated rings. The molecular formula is C18H23NO. The molecule has 0 spiro atoms. The molecule has 0 atom stereocenters. The van der Waals surface area contributed by atoms with E-state index in [1.54, 1.807) is 7.11 Å². The first-order valence-electron chi connectivity index (χ1n) is 7.08. The summed E-state index contributed by atoms with van der Waals surface area (Å²) in [6, 6.07) is 16.9. The van der Waals surface area contributed by atoms with E-state index in [9.17, 15) is 0 Å². The van der Waals surface area contributed by atoms with Gasteiger partial charge in [-0.3, -0.25) is 0 Å². The predicted octanol–water partition coefficient (Wildman–Crippen LogP) is 3.86. The van der Waals surface area contributed by atoms with E-state index >= 15 is 0 Å². The van der Waals surface area contributed by atoms with Crippen LogP contribution < -0.4 is 4.74 Å². The third-order valence-electron chi connectivity index (χ3n) is 3.44. The molecule has 0 saturated heterocycles. The molecule has 2 rings (SSSR count). The van der Waals surface area contributed by atoms with Crippen LogP contribution in [0.4, 0.5) is 0 Å². The number of hydrogen-bond acceptors (Lipinski definition) is 2. The number of ether oxygens (including phenoxy) is 1. The van der Waals surface area contributed by atoms with E-state index < -0.39 is 0 Å². The lowest BCUT2D eigenvalue weighted by atomic mass is 10.0. The molecule has 0 unspecified atom stereocenters. The molecule has 106 valence electrons. The summed E-state index contributed by atoms with van der Waals surface area (Å²) >= 11 is 0. The third kappa shape index (κ3) is 3.84. The smallest absolute Gasteiger partial charge is 0.126 e. The van der Waals surface area contributed by atoms with E-state index in [2.05, 4.69) is 49.3 Å². The number of aryl methyl sites for hydroxylation is 1. The molecule has 2 aromatic rings. The first-order valence-corrected chi connectivity index (χ1v) is 7.08. The first-order chi connectivity index (χ1) is 9.70. The molecule has 0 bridgehead atoms. The minimum absolute atomic E-state index is 0.924. The number of nitrogens with zero attached hydrogens (tertiary/aromatic N) is 1. The fourth-order valence-electron chi connectivity index (χ4n) is 2.33. The molecular weight excluding hydrogens is 246 g/mol. The summed E-state index contributed by atoms with van der Waals surface area (Å²) in [6.07, 6.45) is 2.32. The Bertz CT molecular complexity index is 531. The van der Waals surface area contributed by atoms with E-state index in [-0.39, 0.29) is 0 Å². The molecule has 0 aliphatic carbocycles. The Morgan fingerprint density at radius 2 is 1.65 bits per heavy atom. The van der Waals surface area contributed by atoms with Crippen LogP contribution in [0.25, 0.3) is 11.1 Å². The van der Waals surface area contributed by atoms with Crippen LogP contribution in [-0.2, 0) is 6.42 Å². The van der Waals surface area contributed by atoms with Crippen molar-refractivity contribution < 1.29 is 4.74 Å². The molecule has 0 amide bonds. The summed E-state index contributed by atoms with van der Waals surface area (Å²) in [5, 5.41) is 0. The maximum Gasteiger partial charge on any atom is 0.126 e. The minimum atomic E-state index is 0.924. The van der Waals surface area contributed by atoms with Gasteiger partial charge < -0.3 is 9.64 Å². The Morgan fingerprint density at radius 3 is 2.30 bits per heavy atom. The van der Waals surface area contributed by atoms with Crippen molar-refractivity contribution in [1.82, 2.24) is 4.90 Å². The average Bonchev–Trinajstić information content (AvgIpc) is 2.47. The van der Waals surface area contributed by atoms with E-state index in [0.717, 1.165) is 24.3 Å². The van der Waals surface area contributed by atoms with Gasteiger partial charge in [0.1, 0.15) is 5.75 Å². The Labute approximate surface area is 122 Å². The highest BCUT2D eigenvalue weighted by Gasteiger charge is 2.04. The second kappa shape index (κ2) is 7.11. The lowest BCUT2D eigenvalue weighted by Gasteiger charge is -2.10. The average molecular weight is 269 g/mol. The lowest BCUT2D eigenvalue weighted by Crippen LogP contribution is -2.13. The van der Waals surface area contributed by atoms with Gasteiger partial charge in [0.05, 0.1) is 7.11 Å². The molecule has 0 heterocycles. The summed E-state index contributed by atoms with van der Waals surface area (Å²) < 4.78 is 5.42. The zero-order valence-corrected chi connectivity index (χ0v) is 12.6. The van der Waals surface area contributed by atoms with E-state index in [0.29, 0.717) is 0 Å². The summed E-state index contributed by atoms with van der Waals surface area (Å²) in [7, 11) is 5.95. The topological polar surface area (TPSA) is 12.5 Å². The fourth-order valence-corrected chi connectivity index (χ4v) is 2.33. The van der Waals surface area contributed by atoms with Gasteiger partial charge in [-0.1, -0.05) is 42.5 Å². The van der Waals surface area contributed by atoms with Crippen LogP contribution in [0.1, 0.15) is 12.0 Å². The van der Waals surface area contributed by atoms with Gasteiger partial charge >= 0.3 is 0 Å². The van der Waals surface area contributed by atoms with Gasteiger partial charge in [-0.25, -0.2) is 0 Å².